The molecular weight excluding hydrogens is 230 g/mol. The number of benzene rings is 1. The molecule has 3 rings (SSSR count). The van der Waals surface area contributed by atoms with E-state index in [1.807, 2.05) is 0 Å². The van der Waals surface area contributed by atoms with Gasteiger partial charge in [-0.1, -0.05) is 49.9 Å². The predicted octanol–water partition coefficient (Wildman–Crippen LogP) is 4.62. The summed E-state index contributed by atoms with van der Waals surface area (Å²) in [5.41, 5.74) is 3.02. The van der Waals surface area contributed by atoms with Gasteiger partial charge in [-0.15, -0.1) is 0 Å². The average molecular weight is 257 g/mol. The van der Waals surface area contributed by atoms with Gasteiger partial charge >= 0.3 is 0 Å². The minimum absolute atomic E-state index is 0.877. The number of hydrogen-bond donors (Lipinski definition) is 1. The van der Waals surface area contributed by atoms with Crippen LogP contribution in [0.5, 0.6) is 0 Å². The minimum atomic E-state index is 0.877. The molecule has 0 spiro atoms. The molecule has 2 aliphatic carbocycles. The normalized spacial score (nSPS) is 20.0. The highest BCUT2D eigenvalue weighted by atomic mass is 14.8. The Hall–Kier alpha value is -0.820. The maximum Gasteiger partial charge on any atom is 0.0205 e. The fourth-order valence-electron chi connectivity index (χ4n) is 3.42. The lowest BCUT2D eigenvalue weighted by Crippen LogP contribution is -2.15. The second kappa shape index (κ2) is 6.56. The van der Waals surface area contributed by atoms with Gasteiger partial charge in [-0.3, -0.25) is 0 Å². The minimum Gasteiger partial charge on any atom is -0.313 e. The van der Waals surface area contributed by atoms with E-state index in [1.165, 1.54) is 63.5 Å². The monoisotopic (exact) mass is 257 g/mol. The van der Waals surface area contributed by atoms with Crippen LogP contribution < -0.4 is 5.32 Å². The van der Waals surface area contributed by atoms with Crippen LogP contribution in [-0.4, -0.2) is 6.54 Å². The zero-order valence-corrected chi connectivity index (χ0v) is 12.0. The van der Waals surface area contributed by atoms with Crippen LogP contribution in [0.2, 0.25) is 0 Å². The summed E-state index contributed by atoms with van der Waals surface area (Å²) in [4.78, 5) is 0. The van der Waals surface area contributed by atoms with Gasteiger partial charge in [0.05, 0.1) is 0 Å². The maximum atomic E-state index is 3.61. The highest BCUT2D eigenvalue weighted by molar-refractivity contribution is 5.29. The van der Waals surface area contributed by atoms with Gasteiger partial charge in [0.15, 0.2) is 0 Å². The van der Waals surface area contributed by atoms with E-state index in [2.05, 4.69) is 29.6 Å². The molecule has 0 atom stereocenters. The van der Waals surface area contributed by atoms with Crippen molar-refractivity contribution in [2.45, 2.75) is 63.8 Å². The van der Waals surface area contributed by atoms with Crippen molar-refractivity contribution in [1.82, 2.24) is 5.32 Å². The van der Waals surface area contributed by atoms with Gasteiger partial charge in [-0.05, 0) is 55.2 Å². The van der Waals surface area contributed by atoms with Crippen molar-refractivity contribution in [3.8, 4) is 0 Å². The van der Waals surface area contributed by atoms with Gasteiger partial charge < -0.3 is 5.32 Å². The lowest BCUT2D eigenvalue weighted by molar-refractivity contribution is 0.470. The van der Waals surface area contributed by atoms with Crippen LogP contribution in [0.3, 0.4) is 0 Å². The molecule has 1 aromatic carbocycles. The van der Waals surface area contributed by atoms with Crippen LogP contribution >= 0.6 is 0 Å². The van der Waals surface area contributed by atoms with Gasteiger partial charge in [-0.25, -0.2) is 0 Å². The molecule has 104 valence electrons. The zero-order chi connectivity index (χ0) is 12.9. The molecule has 0 radical (unpaired) electrons. The molecule has 1 N–H and O–H groups in total. The summed E-state index contributed by atoms with van der Waals surface area (Å²) in [6.45, 7) is 2.23. The molecule has 0 amide bonds. The van der Waals surface area contributed by atoms with Crippen molar-refractivity contribution < 1.29 is 0 Å². The molecule has 19 heavy (non-hydrogen) atoms. The third kappa shape index (κ3) is 4.07. The van der Waals surface area contributed by atoms with Crippen LogP contribution in [0.25, 0.3) is 0 Å². The molecule has 0 aliphatic heterocycles. The summed E-state index contributed by atoms with van der Waals surface area (Å²) < 4.78 is 0. The molecule has 0 saturated heterocycles. The van der Waals surface area contributed by atoms with Crippen LogP contribution in [0.15, 0.2) is 24.3 Å². The van der Waals surface area contributed by atoms with Crippen LogP contribution in [0, 0.1) is 5.92 Å². The van der Waals surface area contributed by atoms with E-state index in [4.69, 9.17) is 0 Å². The SMILES string of the molecule is c1cc(CNCCCC2CCCC2)cc(C2CC2)c1. The first-order valence-corrected chi connectivity index (χ1v) is 8.21. The van der Waals surface area contributed by atoms with Crippen LogP contribution in [-0.2, 0) is 6.54 Å². The summed E-state index contributed by atoms with van der Waals surface area (Å²) in [5.74, 6) is 1.92. The Bertz CT molecular complexity index is 388. The molecule has 1 heteroatoms. The summed E-state index contributed by atoms with van der Waals surface area (Å²) in [7, 11) is 0. The summed E-state index contributed by atoms with van der Waals surface area (Å²) in [6.07, 6.45) is 11.5. The van der Waals surface area contributed by atoms with Crippen LogP contribution in [0.4, 0.5) is 0 Å². The molecule has 2 fully saturated rings. The molecule has 2 saturated carbocycles. The van der Waals surface area contributed by atoms with Gasteiger partial charge in [0.25, 0.3) is 0 Å². The molecule has 0 bridgehead atoms. The molecular formula is C18H27N. The molecule has 1 nitrogen and oxygen atoms in total. The van der Waals surface area contributed by atoms with Crippen molar-refractivity contribution in [3.63, 3.8) is 0 Å². The maximum absolute atomic E-state index is 3.61. The van der Waals surface area contributed by atoms with E-state index in [0.29, 0.717) is 0 Å². The molecule has 0 heterocycles. The van der Waals surface area contributed by atoms with Crippen molar-refractivity contribution in [1.29, 1.82) is 0 Å². The molecule has 1 aromatic rings. The first-order valence-electron chi connectivity index (χ1n) is 8.21. The smallest absolute Gasteiger partial charge is 0.0205 e. The first-order chi connectivity index (χ1) is 9.42. The Labute approximate surface area is 117 Å². The highest BCUT2D eigenvalue weighted by Gasteiger charge is 2.23. The van der Waals surface area contributed by atoms with Gasteiger partial charge in [-0.2, -0.15) is 0 Å². The van der Waals surface area contributed by atoms with E-state index >= 15 is 0 Å². The summed E-state index contributed by atoms with van der Waals surface area (Å²) in [6, 6.07) is 9.18. The fraction of sp³-hybridized carbons (Fsp3) is 0.667. The number of rotatable bonds is 7. The largest absolute Gasteiger partial charge is 0.313 e. The van der Waals surface area contributed by atoms with Gasteiger partial charge in [0.1, 0.15) is 0 Å². The van der Waals surface area contributed by atoms with Crippen molar-refractivity contribution in [2.75, 3.05) is 6.54 Å². The summed E-state index contributed by atoms with van der Waals surface area (Å²) in [5, 5.41) is 3.61. The van der Waals surface area contributed by atoms with Crippen LogP contribution in [0.1, 0.15) is 68.4 Å². The fourth-order valence-corrected chi connectivity index (χ4v) is 3.42. The number of hydrogen-bond acceptors (Lipinski definition) is 1. The van der Waals surface area contributed by atoms with Crippen molar-refractivity contribution in [3.05, 3.63) is 35.4 Å². The third-order valence-corrected chi connectivity index (χ3v) is 4.77. The highest BCUT2D eigenvalue weighted by Crippen LogP contribution is 2.40. The average Bonchev–Trinajstić information content (AvgIpc) is 3.17. The Balaban J connectivity index is 1.33. The standard InChI is InChI=1S/C18H27N/c1-2-6-15(5-1)8-4-12-19-14-16-7-3-9-18(13-16)17-10-11-17/h3,7,9,13,15,17,19H,1-2,4-6,8,10-12,14H2. The number of nitrogens with one attached hydrogen (secondary N) is 1. The van der Waals surface area contributed by atoms with E-state index in [1.54, 1.807) is 5.56 Å². The first kappa shape index (κ1) is 13.2. The Morgan fingerprint density at radius 1 is 1.05 bits per heavy atom. The Morgan fingerprint density at radius 3 is 2.68 bits per heavy atom. The van der Waals surface area contributed by atoms with Gasteiger partial charge in [0, 0.05) is 6.54 Å². The van der Waals surface area contributed by atoms with Crippen molar-refractivity contribution >= 4 is 0 Å². The quantitative estimate of drug-likeness (QED) is 0.703. The van der Waals surface area contributed by atoms with E-state index in [0.717, 1.165) is 18.4 Å². The Morgan fingerprint density at radius 2 is 1.89 bits per heavy atom. The zero-order valence-electron chi connectivity index (χ0n) is 12.0. The van der Waals surface area contributed by atoms with E-state index in [-0.39, 0.29) is 0 Å². The molecule has 2 aliphatic rings. The third-order valence-electron chi connectivity index (χ3n) is 4.77. The van der Waals surface area contributed by atoms with Gasteiger partial charge in [0.2, 0.25) is 0 Å². The van der Waals surface area contributed by atoms with E-state index < -0.39 is 0 Å². The van der Waals surface area contributed by atoms with Crippen molar-refractivity contribution in [2.24, 2.45) is 5.92 Å². The van der Waals surface area contributed by atoms with E-state index in [9.17, 15) is 0 Å². The molecule has 0 unspecified atom stereocenters. The lowest BCUT2D eigenvalue weighted by atomic mass is 10.0. The second-order valence-corrected chi connectivity index (χ2v) is 6.49. The lowest BCUT2D eigenvalue weighted by Gasteiger charge is -2.10. The molecule has 0 aromatic heterocycles. The topological polar surface area (TPSA) is 12.0 Å². The Kier molecular flexibility index (Phi) is 4.55. The predicted molar refractivity (Wildman–Crippen MR) is 81.3 cm³/mol. The second-order valence-electron chi connectivity index (χ2n) is 6.49. The summed E-state index contributed by atoms with van der Waals surface area (Å²) >= 11 is 0.